The normalized spacial score (nSPS) is 10.2. The number of benzene rings is 1. The van der Waals surface area contributed by atoms with Gasteiger partial charge in [-0.2, -0.15) is 0 Å². The lowest BCUT2D eigenvalue weighted by Crippen LogP contribution is -1.96. The van der Waals surface area contributed by atoms with Gasteiger partial charge in [0.2, 0.25) is 0 Å². The third kappa shape index (κ3) is 2.79. The molecule has 0 spiro atoms. The fraction of sp³-hybridized carbons (Fsp3) is 0.231. The van der Waals surface area contributed by atoms with Crippen LogP contribution in [0.15, 0.2) is 36.5 Å². The summed E-state index contributed by atoms with van der Waals surface area (Å²) in [4.78, 5) is 8.67. The minimum Gasteiger partial charge on any atom is -0.380 e. The molecule has 0 saturated carbocycles. The lowest BCUT2D eigenvalue weighted by Gasteiger charge is -2.05. The molecule has 1 heterocycles. The summed E-state index contributed by atoms with van der Waals surface area (Å²) in [6.45, 7) is 0.597. The largest absolute Gasteiger partial charge is 0.380 e. The average molecular weight is 229 g/mol. The fourth-order valence-electron chi connectivity index (χ4n) is 1.60. The third-order valence-corrected chi connectivity index (χ3v) is 2.41. The molecule has 0 radical (unpaired) electrons. The summed E-state index contributed by atoms with van der Waals surface area (Å²) in [5.41, 5.74) is 2.11. The maximum Gasteiger partial charge on any atom is 0.161 e. The zero-order chi connectivity index (χ0) is 12.1. The molecule has 0 aliphatic heterocycles. The quantitative estimate of drug-likeness (QED) is 0.874. The topological polar surface area (TPSA) is 47.0 Å². The molecule has 0 atom stereocenters. The van der Waals surface area contributed by atoms with Gasteiger partial charge in [-0.05, 0) is 17.7 Å². The van der Waals surface area contributed by atoms with E-state index in [2.05, 4.69) is 15.3 Å². The number of rotatable bonds is 4. The van der Waals surface area contributed by atoms with E-state index < -0.39 is 0 Å². The van der Waals surface area contributed by atoms with Crippen LogP contribution in [0.2, 0.25) is 0 Å². The molecule has 4 nitrogen and oxygen atoms in total. The van der Waals surface area contributed by atoms with Crippen molar-refractivity contribution in [3.63, 3.8) is 0 Å². The Balaban J connectivity index is 2.34. The number of methoxy groups -OCH3 is 1. The van der Waals surface area contributed by atoms with E-state index in [1.54, 1.807) is 13.3 Å². The molecule has 1 N–H and O–H groups in total. The predicted molar refractivity (Wildman–Crippen MR) is 67.7 cm³/mol. The molecule has 2 rings (SSSR count). The second-order valence-corrected chi connectivity index (χ2v) is 3.65. The van der Waals surface area contributed by atoms with Gasteiger partial charge in [0.1, 0.15) is 5.82 Å². The van der Waals surface area contributed by atoms with E-state index in [1.807, 2.05) is 37.4 Å². The van der Waals surface area contributed by atoms with E-state index in [4.69, 9.17) is 4.74 Å². The number of hydrogen-bond donors (Lipinski definition) is 1. The first-order chi connectivity index (χ1) is 8.33. The molecule has 0 fully saturated rings. The van der Waals surface area contributed by atoms with Gasteiger partial charge in [0.05, 0.1) is 6.61 Å². The van der Waals surface area contributed by atoms with Gasteiger partial charge in [-0.15, -0.1) is 0 Å². The highest BCUT2D eigenvalue weighted by Crippen LogP contribution is 2.17. The molecule has 0 aliphatic rings. The Hall–Kier alpha value is -1.94. The Morgan fingerprint density at radius 2 is 2.18 bits per heavy atom. The second kappa shape index (κ2) is 5.41. The first-order valence-electron chi connectivity index (χ1n) is 5.42. The van der Waals surface area contributed by atoms with Gasteiger partial charge in [0.25, 0.3) is 0 Å². The van der Waals surface area contributed by atoms with Crippen LogP contribution in [-0.2, 0) is 11.3 Å². The number of nitrogens with one attached hydrogen (secondary N) is 1. The second-order valence-electron chi connectivity index (χ2n) is 3.65. The van der Waals surface area contributed by atoms with Crippen molar-refractivity contribution in [3.05, 3.63) is 42.1 Å². The van der Waals surface area contributed by atoms with Crippen LogP contribution in [0.5, 0.6) is 0 Å². The molecule has 88 valence electrons. The van der Waals surface area contributed by atoms with Gasteiger partial charge >= 0.3 is 0 Å². The van der Waals surface area contributed by atoms with E-state index in [0.717, 1.165) is 22.8 Å². The molecular weight excluding hydrogens is 214 g/mol. The van der Waals surface area contributed by atoms with Crippen molar-refractivity contribution in [2.24, 2.45) is 0 Å². The maximum absolute atomic E-state index is 5.11. The van der Waals surface area contributed by atoms with E-state index in [-0.39, 0.29) is 0 Å². The minimum atomic E-state index is 0.597. The van der Waals surface area contributed by atoms with E-state index in [9.17, 15) is 0 Å². The molecule has 4 heteroatoms. The van der Waals surface area contributed by atoms with E-state index in [0.29, 0.717) is 6.61 Å². The molecular formula is C13H15N3O. The summed E-state index contributed by atoms with van der Waals surface area (Å²) in [5.74, 6) is 1.53. The third-order valence-electron chi connectivity index (χ3n) is 2.41. The Kier molecular flexibility index (Phi) is 3.67. The Morgan fingerprint density at radius 1 is 1.29 bits per heavy atom. The van der Waals surface area contributed by atoms with Gasteiger partial charge < -0.3 is 10.1 Å². The molecule has 0 bridgehead atoms. The monoisotopic (exact) mass is 229 g/mol. The first kappa shape index (κ1) is 11.5. The van der Waals surface area contributed by atoms with Crippen molar-refractivity contribution in [3.8, 4) is 11.4 Å². The summed E-state index contributed by atoms with van der Waals surface area (Å²) in [7, 11) is 3.53. The van der Waals surface area contributed by atoms with Crippen molar-refractivity contribution in [2.75, 3.05) is 19.5 Å². The molecule has 0 amide bonds. The van der Waals surface area contributed by atoms with Crippen LogP contribution in [0.25, 0.3) is 11.4 Å². The summed E-state index contributed by atoms with van der Waals surface area (Å²) in [6, 6.07) is 9.88. The van der Waals surface area contributed by atoms with Crippen LogP contribution in [0.4, 0.5) is 5.82 Å². The molecule has 1 aromatic carbocycles. The summed E-state index contributed by atoms with van der Waals surface area (Å²) in [5, 5.41) is 3.00. The lowest BCUT2D eigenvalue weighted by molar-refractivity contribution is 0.185. The van der Waals surface area contributed by atoms with Crippen molar-refractivity contribution >= 4 is 5.82 Å². The van der Waals surface area contributed by atoms with Gasteiger partial charge in [-0.3, -0.25) is 0 Å². The Labute approximate surface area is 101 Å². The van der Waals surface area contributed by atoms with Crippen LogP contribution in [0.3, 0.4) is 0 Å². The Bertz CT molecular complexity index is 500. The zero-order valence-corrected chi connectivity index (χ0v) is 9.97. The van der Waals surface area contributed by atoms with Crippen LogP contribution in [0.1, 0.15) is 5.56 Å². The molecule has 17 heavy (non-hydrogen) atoms. The minimum absolute atomic E-state index is 0.597. The molecule has 1 aromatic heterocycles. The first-order valence-corrected chi connectivity index (χ1v) is 5.42. The number of aromatic nitrogens is 2. The van der Waals surface area contributed by atoms with Gasteiger partial charge in [-0.1, -0.05) is 18.2 Å². The van der Waals surface area contributed by atoms with Gasteiger partial charge in [0.15, 0.2) is 5.82 Å². The smallest absolute Gasteiger partial charge is 0.161 e. The fourth-order valence-corrected chi connectivity index (χ4v) is 1.60. The molecule has 0 saturated heterocycles. The van der Waals surface area contributed by atoms with E-state index in [1.165, 1.54) is 0 Å². The van der Waals surface area contributed by atoms with Crippen molar-refractivity contribution < 1.29 is 4.74 Å². The van der Waals surface area contributed by atoms with Crippen LogP contribution in [-0.4, -0.2) is 24.1 Å². The van der Waals surface area contributed by atoms with Crippen molar-refractivity contribution in [1.82, 2.24) is 9.97 Å². The molecule has 0 aliphatic carbocycles. The highest BCUT2D eigenvalue weighted by atomic mass is 16.5. The van der Waals surface area contributed by atoms with Gasteiger partial charge in [0, 0.05) is 25.9 Å². The number of ether oxygens (including phenoxy) is 1. The number of nitrogens with zero attached hydrogens (tertiary/aromatic N) is 2. The highest BCUT2D eigenvalue weighted by molar-refractivity contribution is 5.57. The summed E-state index contributed by atoms with van der Waals surface area (Å²) >= 11 is 0. The van der Waals surface area contributed by atoms with Crippen LogP contribution in [0, 0.1) is 0 Å². The zero-order valence-electron chi connectivity index (χ0n) is 9.97. The molecule has 0 unspecified atom stereocenters. The SMILES string of the molecule is CNc1ccnc(-c2cccc(COC)c2)n1. The standard InChI is InChI=1S/C13H15N3O/c1-14-12-6-7-15-13(16-12)11-5-3-4-10(8-11)9-17-2/h3-8H,9H2,1-2H3,(H,14,15,16). The average Bonchev–Trinajstić information content (AvgIpc) is 2.40. The predicted octanol–water partition coefficient (Wildman–Crippen LogP) is 2.33. The maximum atomic E-state index is 5.11. The van der Waals surface area contributed by atoms with Crippen molar-refractivity contribution in [1.29, 1.82) is 0 Å². The summed E-state index contributed by atoms with van der Waals surface area (Å²) < 4.78 is 5.11. The van der Waals surface area contributed by atoms with Gasteiger partial charge in [-0.25, -0.2) is 9.97 Å². The lowest BCUT2D eigenvalue weighted by atomic mass is 10.1. The van der Waals surface area contributed by atoms with Crippen LogP contribution < -0.4 is 5.32 Å². The van der Waals surface area contributed by atoms with E-state index >= 15 is 0 Å². The Morgan fingerprint density at radius 3 is 2.94 bits per heavy atom. The van der Waals surface area contributed by atoms with Crippen LogP contribution >= 0.6 is 0 Å². The highest BCUT2D eigenvalue weighted by Gasteiger charge is 2.03. The molecule has 2 aromatic rings. The van der Waals surface area contributed by atoms with Crippen molar-refractivity contribution in [2.45, 2.75) is 6.61 Å². The number of hydrogen-bond acceptors (Lipinski definition) is 4. The summed E-state index contributed by atoms with van der Waals surface area (Å²) in [6.07, 6.45) is 1.75. The number of anilines is 1.